The van der Waals surface area contributed by atoms with E-state index in [1.165, 1.54) is 0 Å². The summed E-state index contributed by atoms with van der Waals surface area (Å²) < 4.78 is 7.39. The van der Waals surface area contributed by atoms with E-state index in [2.05, 4.69) is 16.3 Å². The summed E-state index contributed by atoms with van der Waals surface area (Å²) in [5.74, 6) is 0.601. The van der Waals surface area contributed by atoms with Gasteiger partial charge in [-0.2, -0.15) is 5.26 Å². The minimum Gasteiger partial charge on any atom is -0.467 e. The molecular formula is C25H27N5O3. The number of nitrogens with two attached hydrogens (primary N) is 1. The second-order valence-electron chi connectivity index (χ2n) is 8.46. The van der Waals surface area contributed by atoms with Gasteiger partial charge in [0.05, 0.1) is 24.9 Å². The Morgan fingerprint density at radius 2 is 1.97 bits per heavy atom. The molecule has 0 radical (unpaired) electrons. The standard InChI is InChI=1S/C25H27N5O3/c1-16-17(2)30(14-21-4-3-11-33-21)25(22(16)12-26)28-23(31)15-29(20-9-10-20)13-18-5-7-19(8-6-18)24(27)32/h3-8,11,20H,9-10,13-15H2,1-2H3,(H2,27,32)(H,28,31). The molecule has 0 unspecified atom stereocenters. The van der Waals surface area contributed by atoms with Gasteiger partial charge in [-0.25, -0.2) is 0 Å². The smallest absolute Gasteiger partial charge is 0.248 e. The summed E-state index contributed by atoms with van der Waals surface area (Å²) in [5.41, 5.74) is 9.00. The maximum atomic E-state index is 13.1. The van der Waals surface area contributed by atoms with Gasteiger partial charge in [0, 0.05) is 23.8 Å². The number of hydrogen-bond acceptors (Lipinski definition) is 5. The van der Waals surface area contributed by atoms with Gasteiger partial charge < -0.3 is 20.0 Å². The number of primary amides is 1. The van der Waals surface area contributed by atoms with Gasteiger partial charge in [-0.3, -0.25) is 14.5 Å². The van der Waals surface area contributed by atoms with Crippen molar-refractivity contribution in [2.45, 2.75) is 45.8 Å². The molecule has 3 N–H and O–H groups in total. The first-order chi connectivity index (χ1) is 15.9. The zero-order chi connectivity index (χ0) is 23.5. The molecule has 1 aliphatic rings. The van der Waals surface area contributed by atoms with Crippen LogP contribution in [0.4, 0.5) is 5.82 Å². The molecule has 0 saturated heterocycles. The van der Waals surface area contributed by atoms with Crippen LogP contribution < -0.4 is 11.1 Å². The van der Waals surface area contributed by atoms with Crippen molar-refractivity contribution in [3.63, 3.8) is 0 Å². The molecule has 2 aromatic heterocycles. The molecule has 0 bridgehead atoms. The van der Waals surface area contributed by atoms with Gasteiger partial charge in [0.2, 0.25) is 11.8 Å². The summed E-state index contributed by atoms with van der Waals surface area (Å²) in [6.45, 7) is 5.04. The fraction of sp³-hybridized carbons (Fsp3) is 0.320. The summed E-state index contributed by atoms with van der Waals surface area (Å²) in [6, 6.07) is 13.4. The molecule has 1 fully saturated rings. The van der Waals surface area contributed by atoms with Crippen molar-refractivity contribution in [1.82, 2.24) is 9.47 Å². The summed E-state index contributed by atoms with van der Waals surface area (Å²) in [6.07, 6.45) is 3.69. The van der Waals surface area contributed by atoms with Gasteiger partial charge in [-0.15, -0.1) is 0 Å². The zero-order valence-electron chi connectivity index (χ0n) is 18.8. The van der Waals surface area contributed by atoms with E-state index in [9.17, 15) is 14.9 Å². The minimum absolute atomic E-state index is 0.176. The molecule has 1 aliphatic carbocycles. The lowest BCUT2D eigenvalue weighted by Gasteiger charge is -2.22. The van der Waals surface area contributed by atoms with E-state index in [1.54, 1.807) is 18.4 Å². The molecule has 0 spiro atoms. The number of furan rings is 1. The molecule has 2 heterocycles. The van der Waals surface area contributed by atoms with Gasteiger partial charge in [-0.05, 0) is 62.1 Å². The Labute approximate surface area is 192 Å². The number of nitriles is 1. The highest BCUT2D eigenvalue weighted by molar-refractivity contribution is 5.93. The molecule has 0 aliphatic heterocycles. The molecule has 1 aromatic carbocycles. The van der Waals surface area contributed by atoms with Crippen LogP contribution >= 0.6 is 0 Å². The maximum Gasteiger partial charge on any atom is 0.248 e. The number of rotatable bonds is 9. The van der Waals surface area contributed by atoms with Crippen molar-refractivity contribution in [2.24, 2.45) is 5.73 Å². The van der Waals surface area contributed by atoms with Crippen molar-refractivity contribution in [3.05, 3.63) is 76.4 Å². The first-order valence-electron chi connectivity index (χ1n) is 10.9. The summed E-state index contributed by atoms with van der Waals surface area (Å²) >= 11 is 0. The largest absolute Gasteiger partial charge is 0.467 e. The van der Waals surface area contributed by atoms with Crippen LogP contribution in [0.2, 0.25) is 0 Å². The lowest BCUT2D eigenvalue weighted by Crippen LogP contribution is -2.35. The second-order valence-corrected chi connectivity index (χ2v) is 8.46. The van der Waals surface area contributed by atoms with Crippen molar-refractivity contribution in [2.75, 3.05) is 11.9 Å². The first kappa shape index (κ1) is 22.4. The summed E-state index contributed by atoms with van der Waals surface area (Å²) in [4.78, 5) is 26.5. The Balaban J connectivity index is 1.50. The number of carbonyl (C=O) groups excluding carboxylic acids is 2. The van der Waals surface area contributed by atoms with E-state index in [1.807, 2.05) is 42.7 Å². The van der Waals surface area contributed by atoms with Gasteiger partial charge in [-0.1, -0.05) is 12.1 Å². The van der Waals surface area contributed by atoms with Crippen LogP contribution in [0, 0.1) is 25.2 Å². The van der Waals surface area contributed by atoms with Crippen LogP contribution in [-0.4, -0.2) is 33.9 Å². The SMILES string of the molecule is Cc1c(C#N)c(NC(=O)CN(Cc2ccc(C(N)=O)cc2)C2CC2)n(Cc2ccco2)c1C. The minimum atomic E-state index is -0.462. The summed E-state index contributed by atoms with van der Waals surface area (Å²) in [7, 11) is 0. The van der Waals surface area contributed by atoms with E-state index in [4.69, 9.17) is 10.2 Å². The Kier molecular flexibility index (Phi) is 6.33. The van der Waals surface area contributed by atoms with E-state index in [-0.39, 0.29) is 12.5 Å². The molecule has 8 heteroatoms. The molecule has 0 atom stereocenters. The quantitative estimate of drug-likeness (QED) is 0.524. The highest BCUT2D eigenvalue weighted by Crippen LogP contribution is 2.30. The number of benzene rings is 1. The summed E-state index contributed by atoms with van der Waals surface area (Å²) in [5, 5.41) is 12.7. The van der Waals surface area contributed by atoms with Crippen molar-refractivity contribution in [1.29, 1.82) is 5.26 Å². The molecule has 1 saturated carbocycles. The molecule has 33 heavy (non-hydrogen) atoms. The third kappa shape index (κ3) is 4.99. The number of aromatic nitrogens is 1. The second kappa shape index (κ2) is 9.35. The predicted molar refractivity (Wildman–Crippen MR) is 123 cm³/mol. The predicted octanol–water partition coefficient (Wildman–Crippen LogP) is 3.32. The third-order valence-corrected chi connectivity index (χ3v) is 6.13. The number of carbonyl (C=O) groups is 2. The highest BCUT2D eigenvalue weighted by atomic mass is 16.3. The third-order valence-electron chi connectivity index (χ3n) is 6.13. The molecule has 2 amide bonds. The average molecular weight is 446 g/mol. The van der Waals surface area contributed by atoms with Crippen molar-refractivity contribution >= 4 is 17.6 Å². The van der Waals surface area contributed by atoms with E-state index in [0.717, 1.165) is 35.4 Å². The normalized spacial score (nSPS) is 13.2. The fourth-order valence-corrected chi connectivity index (χ4v) is 4.01. The van der Waals surface area contributed by atoms with Crippen LogP contribution in [0.25, 0.3) is 0 Å². The fourth-order valence-electron chi connectivity index (χ4n) is 4.01. The average Bonchev–Trinajstić information content (AvgIpc) is 3.47. The van der Waals surface area contributed by atoms with Crippen LogP contribution in [0.1, 0.15) is 51.3 Å². The topological polar surface area (TPSA) is 117 Å². The number of amides is 2. The van der Waals surface area contributed by atoms with Crippen LogP contribution in [-0.2, 0) is 17.9 Å². The van der Waals surface area contributed by atoms with E-state index < -0.39 is 5.91 Å². The van der Waals surface area contributed by atoms with Gasteiger partial charge in [0.15, 0.2) is 0 Å². The highest BCUT2D eigenvalue weighted by Gasteiger charge is 2.31. The number of anilines is 1. The molecule has 3 aromatic rings. The monoisotopic (exact) mass is 445 g/mol. The van der Waals surface area contributed by atoms with Crippen molar-refractivity contribution < 1.29 is 14.0 Å². The number of nitrogens with one attached hydrogen (secondary N) is 1. The zero-order valence-corrected chi connectivity index (χ0v) is 18.8. The Morgan fingerprint density at radius 1 is 1.24 bits per heavy atom. The van der Waals surface area contributed by atoms with E-state index in [0.29, 0.717) is 36.1 Å². The number of hydrogen-bond donors (Lipinski definition) is 2. The molecule has 4 rings (SSSR count). The lowest BCUT2D eigenvalue weighted by atomic mass is 10.1. The van der Waals surface area contributed by atoms with Crippen LogP contribution in [0.3, 0.4) is 0 Å². The van der Waals surface area contributed by atoms with Crippen molar-refractivity contribution in [3.8, 4) is 6.07 Å². The molecule has 170 valence electrons. The Hall–Kier alpha value is -3.83. The van der Waals surface area contributed by atoms with E-state index >= 15 is 0 Å². The number of nitrogens with zero attached hydrogens (tertiary/aromatic N) is 3. The lowest BCUT2D eigenvalue weighted by molar-refractivity contribution is -0.117. The molecule has 8 nitrogen and oxygen atoms in total. The van der Waals surface area contributed by atoms with Crippen LogP contribution in [0.15, 0.2) is 47.1 Å². The maximum absolute atomic E-state index is 13.1. The van der Waals surface area contributed by atoms with Gasteiger partial charge >= 0.3 is 0 Å². The Bertz CT molecular complexity index is 1200. The molecular weight excluding hydrogens is 418 g/mol. The first-order valence-corrected chi connectivity index (χ1v) is 10.9. The Morgan fingerprint density at radius 3 is 2.55 bits per heavy atom. The van der Waals surface area contributed by atoms with Gasteiger partial charge in [0.25, 0.3) is 0 Å². The van der Waals surface area contributed by atoms with Crippen LogP contribution in [0.5, 0.6) is 0 Å². The van der Waals surface area contributed by atoms with Gasteiger partial charge in [0.1, 0.15) is 17.6 Å².